The Morgan fingerprint density at radius 1 is 0.477 bits per heavy atom. The molecule has 380 valence electrons. The third-order valence-corrected chi connectivity index (χ3v) is 12.9. The number of rotatable bonds is 43. The van der Waals surface area contributed by atoms with Crippen LogP contribution in [0.1, 0.15) is 219 Å². The molecule has 1 rings (SSSR count). The van der Waals surface area contributed by atoms with Gasteiger partial charge in [-0.3, -0.25) is 18.6 Å². The third kappa shape index (κ3) is 33.3. The minimum Gasteiger partial charge on any atom is -0.462 e. The van der Waals surface area contributed by atoms with Gasteiger partial charge in [0.15, 0.2) is 6.10 Å². The van der Waals surface area contributed by atoms with E-state index in [4.69, 9.17) is 18.5 Å². The molecule has 0 saturated heterocycles. The number of carbonyl (C=O) groups is 2. The Labute approximate surface area is 393 Å². The van der Waals surface area contributed by atoms with Gasteiger partial charge in [-0.25, -0.2) is 4.57 Å². The first-order chi connectivity index (χ1) is 31.4. The molecular formula is C51H93O13P. The topological polar surface area (TPSA) is 210 Å². The molecule has 1 aliphatic carbocycles. The van der Waals surface area contributed by atoms with Crippen LogP contribution in [-0.4, -0.2) is 98.3 Å². The first-order valence-electron chi connectivity index (χ1n) is 25.8. The Morgan fingerprint density at radius 3 is 1.29 bits per heavy atom. The number of hydrogen-bond acceptors (Lipinski definition) is 12. The van der Waals surface area contributed by atoms with E-state index >= 15 is 0 Å². The second-order valence-electron chi connectivity index (χ2n) is 18.0. The summed E-state index contributed by atoms with van der Waals surface area (Å²) in [6, 6.07) is 0. The summed E-state index contributed by atoms with van der Waals surface area (Å²) in [5, 5.41) is 50.3. The van der Waals surface area contributed by atoms with E-state index in [0.29, 0.717) is 12.8 Å². The van der Waals surface area contributed by atoms with Gasteiger partial charge in [0.05, 0.1) is 6.61 Å². The lowest BCUT2D eigenvalue weighted by atomic mass is 9.85. The van der Waals surface area contributed by atoms with Crippen molar-refractivity contribution >= 4 is 19.8 Å². The average molecular weight is 945 g/mol. The Hall–Kier alpha value is -1.93. The van der Waals surface area contributed by atoms with Gasteiger partial charge in [0, 0.05) is 12.8 Å². The zero-order chi connectivity index (χ0) is 47.8. The van der Waals surface area contributed by atoms with Gasteiger partial charge >= 0.3 is 19.8 Å². The quantitative estimate of drug-likeness (QED) is 0.0146. The number of phosphoric acid groups is 1. The number of unbranched alkanes of at least 4 members (excludes halogenated alkanes) is 25. The Balaban J connectivity index is 2.40. The molecule has 0 radical (unpaired) electrons. The molecule has 0 spiro atoms. The maximum absolute atomic E-state index is 12.8. The maximum Gasteiger partial charge on any atom is 0.472 e. The van der Waals surface area contributed by atoms with Gasteiger partial charge in [0.25, 0.3) is 0 Å². The van der Waals surface area contributed by atoms with Crippen molar-refractivity contribution in [3.05, 3.63) is 36.5 Å². The monoisotopic (exact) mass is 945 g/mol. The third-order valence-electron chi connectivity index (χ3n) is 12.0. The fourth-order valence-corrected chi connectivity index (χ4v) is 8.76. The van der Waals surface area contributed by atoms with Crippen molar-refractivity contribution in [2.45, 2.75) is 262 Å². The van der Waals surface area contributed by atoms with Gasteiger partial charge in [-0.1, -0.05) is 172 Å². The van der Waals surface area contributed by atoms with Crippen LogP contribution in [0.15, 0.2) is 36.5 Å². The van der Waals surface area contributed by atoms with E-state index in [9.17, 15) is 44.6 Å². The maximum atomic E-state index is 12.8. The number of esters is 2. The van der Waals surface area contributed by atoms with Crippen LogP contribution in [0.5, 0.6) is 0 Å². The van der Waals surface area contributed by atoms with Crippen molar-refractivity contribution in [1.29, 1.82) is 0 Å². The van der Waals surface area contributed by atoms with Gasteiger partial charge < -0.3 is 39.9 Å². The Kier molecular flexibility index (Phi) is 38.6. The number of ether oxygens (including phenoxy) is 2. The molecule has 6 N–H and O–H groups in total. The molecule has 0 aromatic heterocycles. The van der Waals surface area contributed by atoms with Gasteiger partial charge in [-0.05, 0) is 70.6 Å². The van der Waals surface area contributed by atoms with Crippen molar-refractivity contribution < 1.29 is 63.1 Å². The van der Waals surface area contributed by atoms with Gasteiger partial charge in [-0.15, -0.1) is 0 Å². The van der Waals surface area contributed by atoms with Crippen LogP contribution in [-0.2, 0) is 32.7 Å². The number of aliphatic hydroxyl groups excluding tert-OH is 5. The van der Waals surface area contributed by atoms with Crippen LogP contribution in [0.3, 0.4) is 0 Å². The highest BCUT2D eigenvalue weighted by atomic mass is 31.2. The molecule has 14 heteroatoms. The van der Waals surface area contributed by atoms with Crippen molar-refractivity contribution in [3.63, 3.8) is 0 Å². The van der Waals surface area contributed by atoms with E-state index in [2.05, 4.69) is 50.3 Å². The summed E-state index contributed by atoms with van der Waals surface area (Å²) in [6.45, 7) is 3.29. The number of hydrogen-bond donors (Lipinski definition) is 6. The van der Waals surface area contributed by atoms with E-state index < -0.39 is 75.7 Å². The fourth-order valence-electron chi connectivity index (χ4n) is 7.78. The van der Waals surface area contributed by atoms with Crippen LogP contribution in [0, 0.1) is 0 Å². The minimum absolute atomic E-state index is 0.0917. The highest BCUT2D eigenvalue weighted by Crippen LogP contribution is 2.47. The predicted molar refractivity (Wildman–Crippen MR) is 258 cm³/mol. The first kappa shape index (κ1) is 61.1. The SMILES string of the molecule is CCCCC/C=C\C/C=C\CCCCCCCCCCCC(=O)OC[C@H](COP(=O)(O)OC1C(O)C(O)C(O)[C@@H](O)C1O)OC(=O)CCCCCCCCC/C=C\CCCCCCCC. The molecule has 13 nitrogen and oxygen atoms in total. The van der Waals surface area contributed by atoms with Gasteiger partial charge in [0.1, 0.15) is 43.2 Å². The van der Waals surface area contributed by atoms with Crippen molar-refractivity contribution in [1.82, 2.24) is 0 Å². The summed E-state index contributed by atoms with van der Waals surface area (Å²) in [7, 11) is -5.12. The Morgan fingerprint density at radius 2 is 0.831 bits per heavy atom. The van der Waals surface area contributed by atoms with E-state index in [1.54, 1.807) is 0 Å². The van der Waals surface area contributed by atoms with Crippen LogP contribution in [0.25, 0.3) is 0 Å². The molecule has 0 aliphatic heterocycles. The summed E-state index contributed by atoms with van der Waals surface area (Å²) in [5.41, 5.74) is 0. The van der Waals surface area contributed by atoms with Crippen LogP contribution >= 0.6 is 7.82 Å². The highest BCUT2D eigenvalue weighted by Gasteiger charge is 2.51. The van der Waals surface area contributed by atoms with Crippen LogP contribution in [0.2, 0.25) is 0 Å². The smallest absolute Gasteiger partial charge is 0.462 e. The minimum atomic E-state index is -5.12. The number of phosphoric ester groups is 1. The Bertz CT molecular complexity index is 1280. The van der Waals surface area contributed by atoms with Crippen LogP contribution < -0.4 is 0 Å². The predicted octanol–water partition coefficient (Wildman–Crippen LogP) is 11.0. The molecule has 0 bridgehead atoms. The molecule has 1 aliphatic rings. The molecule has 65 heavy (non-hydrogen) atoms. The van der Waals surface area contributed by atoms with Gasteiger partial charge in [-0.2, -0.15) is 0 Å². The largest absolute Gasteiger partial charge is 0.472 e. The second kappa shape index (κ2) is 41.1. The summed E-state index contributed by atoms with van der Waals surface area (Å²) in [4.78, 5) is 35.8. The zero-order valence-corrected chi connectivity index (χ0v) is 41.4. The molecule has 8 atom stereocenters. The van der Waals surface area contributed by atoms with E-state index in [-0.39, 0.29) is 12.8 Å². The summed E-state index contributed by atoms with van der Waals surface area (Å²) >= 11 is 0. The van der Waals surface area contributed by atoms with Crippen molar-refractivity contribution in [3.8, 4) is 0 Å². The summed E-state index contributed by atoms with van der Waals surface area (Å²) in [5.74, 6) is -1.10. The molecule has 0 amide bonds. The molecule has 0 heterocycles. The number of allylic oxidation sites excluding steroid dienone is 6. The summed E-state index contributed by atoms with van der Waals surface area (Å²) < 4.78 is 33.6. The molecule has 6 unspecified atom stereocenters. The van der Waals surface area contributed by atoms with Crippen molar-refractivity contribution in [2.75, 3.05) is 13.2 Å². The molecular weight excluding hydrogens is 852 g/mol. The highest BCUT2D eigenvalue weighted by molar-refractivity contribution is 7.47. The number of aliphatic hydroxyl groups is 5. The molecule has 1 saturated carbocycles. The summed E-state index contributed by atoms with van der Waals surface area (Å²) in [6.07, 6.45) is 34.7. The van der Waals surface area contributed by atoms with E-state index in [0.717, 1.165) is 70.6 Å². The molecule has 1 fully saturated rings. The van der Waals surface area contributed by atoms with E-state index in [1.165, 1.54) is 109 Å². The fraction of sp³-hybridized carbons (Fsp3) is 0.843. The van der Waals surface area contributed by atoms with Crippen LogP contribution in [0.4, 0.5) is 0 Å². The lowest BCUT2D eigenvalue weighted by Gasteiger charge is -2.41. The number of carbonyl (C=O) groups excluding carboxylic acids is 2. The molecule has 0 aromatic carbocycles. The average Bonchev–Trinajstić information content (AvgIpc) is 3.29. The molecule has 0 aromatic rings. The lowest BCUT2D eigenvalue weighted by molar-refractivity contribution is -0.220. The van der Waals surface area contributed by atoms with Gasteiger partial charge in [0.2, 0.25) is 0 Å². The standard InChI is InChI=1S/C51H93O13P/c1-3-5-7-9-11-13-15-17-19-21-22-24-25-27-29-31-33-35-37-39-44(52)61-41-43(42-62-65(59,60)64-51-49(57)47(55)46(54)48(56)50(51)58)63-45(53)40-38-36-34-32-30-28-26-23-20-18-16-14-12-10-8-6-4-2/h11,13,17-20,43,46-51,54-58H,3-10,12,14-16,21-42H2,1-2H3,(H,59,60)/b13-11-,19-17-,20-18-/t43-,46?,47-,48?,49?,50?,51?/m1/s1. The first-order valence-corrected chi connectivity index (χ1v) is 27.3. The van der Waals surface area contributed by atoms with E-state index in [1.807, 2.05) is 0 Å². The normalized spacial score (nSPS) is 21.7. The lowest BCUT2D eigenvalue weighted by Crippen LogP contribution is -2.64. The second-order valence-corrected chi connectivity index (χ2v) is 19.4. The zero-order valence-electron chi connectivity index (χ0n) is 40.5. The van der Waals surface area contributed by atoms with Crippen molar-refractivity contribution in [2.24, 2.45) is 0 Å².